The first kappa shape index (κ1) is 12.6. The summed E-state index contributed by atoms with van der Waals surface area (Å²) in [5, 5.41) is 4.85. The van der Waals surface area contributed by atoms with E-state index in [2.05, 4.69) is 27.9 Å². The number of halogens is 1. The van der Waals surface area contributed by atoms with Crippen molar-refractivity contribution < 1.29 is 4.79 Å². The van der Waals surface area contributed by atoms with Crippen molar-refractivity contribution in [2.75, 3.05) is 5.32 Å². The molecule has 0 atom stereocenters. The number of anilines is 1. The highest BCUT2D eigenvalue weighted by Gasteiger charge is 2.10. The van der Waals surface area contributed by atoms with Crippen molar-refractivity contribution in [3.8, 4) is 0 Å². The Bertz CT molecular complexity index is 542. The van der Waals surface area contributed by atoms with Crippen molar-refractivity contribution in [2.45, 2.75) is 13.8 Å². The van der Waals surface area contributed by atoms with E-state index in [-0.39, 0.29) is 5.91 Å². The number of carbonyl (C=O) groups excluding carboxylic acids is 1. The van der Waals surface area contributed by atoms with Gasteiger partial charge in [0.2, 0.25) is 0 Å². The molecule has 0 saturated heterocycles. The summed E-state index contributed by atoms with van der Waals surface area (Å²) in [5.41, 5.74) is 3.81. The zero-order chi connectivity index (χ0) is 12.4. The molecule has 0 unspecified atom stereocenters. The molecule has 0 spiro atoms. The Morgan fingerprint density at radius 1 is 1.29 bits per heavy atom. The van der Waals surface area contributed by atoms with Crippen LogP contribution in [0, 0.1) is 16.7 Å². The number of aryl methyl sites for hydroxylation is 2. The lowest BCUT2D eigenvalue weighted by Gasteiger charge is -2.10. The molecule has 1 amide bonds. The maximum atomic E-state index is 12.0. The Hall–Kier alpha value is -0.880. The van der Waals surface area contributed by atoms with Gasteiger partial charge < -0.3 is 5.32 Å². The summed E-state index contributed by atoms with van der Waals surface area (Å²) in [4.78, 5) is 12.0. The quantitative estimate of drug-likeness (QED) is 0.801. The standard InChI is InChI=1S/C13H12INOS/c1-8-4-3-5-9(2)12(8)15-13(16)10-6-11(14)17-7-10/h3-7H,1-2H3,(H,15,16). The van der Waals surface area contributed by atoms with E-state index >= 15 is 0 Å². The van der Waals surface area contributed by atoms with Crippen LogP contribution >= 0.6 is 33.9 Å². The SMILES string of the molecule is Cc1cccc(C)c1NC(=O)c1csc(I)c1. The minimum Gasteiger partial charge on any atom is -0.321 e. The molecule has 0 fully saturated rings. The predicted octanol–water partition coefficient (Wildman–Crippen LogP) is 4.22. The lowest BCUT2D eigenvalue weighted by atomic mass is 10.1. The van der Waals surface area contributed by atoms with Gasteiger partial charge in [-0.15, -0.1) is 11.3 Å². The van der Waals surface area contributed by atoms with Gasteiger partial charge in [0, 0.05) is 11.1 Å². The van der Waals surface area contributed by atoms with Gasteiger partial charge in [-0.3, -0.25) is 4.79 Å². The van der Waals surface area contributed by atoms with E-state index in [4.69, 9.17) is 0 Å². The molecule has 0 aliphatic heterocycles. The molecule has 0 radical (unpaired) electrons. The van der Waals surface area contributed by atoms with Crippen LogP contribution in [0.2, 0.25) is 0 Å². The number of para-hydroxylation sites is 1. The van der Waals surface area contributed by atoms with E-state index < -0.39 is 0 Å². The molecule has 4 heteroatoms. The molecule has 2 rings (SSSR count). The molecule has 2 nitrogen and oxygen atoms in total. The minimum absolute atomic E-state index is 0.0402. The first-order chi connectivity index (χ1) is 8.08. The van der Waals surface area contributed by atoms with Gasteiger partial charge in [-0.2, -0.15) is 0 Å². The second-order valence-electron chi connectivity index (χ2n) is 3.86. The fourth-order valence-electron chi connectivity index (χ4n) is 1.63. The summed E-state index contributed by atoms with van der Waals surface area (Å²) in [6, 6.07) is 7.89. The highest BCUT2D eigenvalue weighted by molar-refractivity contribution is 14.1. The van der Waals surface area contributed by atoms with Crippen LogP contribution in [0.3, 0.4) is 0 Å². The molecule has 88 valence electrons. The van der Waals surface area contributed by atoms with Gasteiger partial charge in [0.25, 0.3) is 5.91 Å². The highest BCUT2D eigenvalue weighted by Crippen LogP contribution is 2.22. The second kappa shape index (κ2) is 5.18. The molecule has 1 N–H and O–H groups in total. The molecule has 0 aliphatic rings. The number of carbonyl (C=O) groups is 1. The number of benzene rings is 1. The van der Waals surface area contributed by atoms with Crippen molar-refractivity contribution in [1.82, 2.24) is 0 Å². The Balaban J connectivity index is 2.24. The molecular formula is C13H12INOS. The van der Waals surface area contributed by atoms with E-state index in [1.807, 2.05) is 43.5 Å². The lowest BCUT2D eigenvalue weighted by molar-refractivity contribution is 0.102. The fraction of sp³-hybridized carbons (Fsp3) is 0.154. The van der Waals surface area contributed by atoms with Crippen LogP contribution in [0.4, 0.5) is 5.69 Å². The summed E-state index contributed by atoms with van der Waals surface area (Å²) in [6.07, 6.45) is 0. The molecular weight excluding hydrogens is 345 g/mol. The van der Waals surface area contributed by atoms with E-state index in [1.165, 1.54) is 0 Å². The molecule has 1 aromatic heterocycles. The third kappa shape index (κ3) is 2.87. The zero-order valence-corrected chi connectivity index (χ0v) is 12.6. The van der Waals surface area contributed by atoms with Gasteiger partial charge in [0.1, 0.15) is 0 Å². The average molecular weight is 357 g/mol. The summed E-state index contributed by atoms with van der Waals surface area (Å²) in [7, 11) is 0. The maximum absolute atomic E-state index is 12.0. The fourth-order valence-corrected chi connectivity index (χ4v) is 2.95. The van der Waals surface area contributed by atoms with Crippen LogP contribution in [-0.2, 0) is 0 Å². The number of amides is 1. The van der Waals surface area contributed by atoms with Crippen molar-refractivity contribution in [3.63, 3.8) is 0 Å². The second-order valence-corrected chi connectivity index (χ2v) is 6.67. The normalized spacial score (nSPS) is 10.3. The molecule has 0 aliphatic carbocycles. The zero-order valence-electron chi connectivity index (χ0n) is 9.58. The molecule has 2 aromatic rings. The largest absolute Gasteiger partial charge is 0.321 e. The number of nitrogens with one attached hydrogen (secondary N) is 1. The van der Waals surface area contributed by atoms with Crippen molar-refractivity contribution in [2.24, 2.45) is 0 Å². The van der Waals surface area contributed by atoms with E-state index in [9.17, 15) is 4.79 Å². The monoisotopic (exact) mass is 357 g/mol. The lowest BCUT2D eigenvalue weighted by Crippen LogP contribution is -2.12. The minimum atomic E-state index is -0.0402. The Kier molecular flexibility index (Phi) is 3.83. The summed E-state index contributed by atoms with van der Waals surface area (Å²) >= 11 is 3.79. The van der Waals surface area contributed by atoms with E-state index in [1.54, 1.807) is 11.3 Å². The van der Waals surface area contributed by atoms with Gasteiger partial charge in [-0.1, -0.05) is 18.2 Å². The third-order valence-electron chi connectivity index (χ3n) is 2.55. The molecule has 0 saturated carbocycles. The van der Waals surface area contributed by atoms with Gasteiger partial charge in [0.05, 0.1) is 8.45 Å². The first-order valence-corrected chi connectivity index (χ1v) is 7.15. The predicted molar refractivity (Wildman–Crippen MR) is 80.9 cm³/mol. The Morgan fingerprint density at radius 2 is 1.94 bits per heavy atom. The topological polar surface area (TPSA) is 29.1 Å². The van der Waals surface area contributed by atoms with Crippen LogP contribution in [-0.4, -0.2) is 5.91 Å². The third-order valence-corrected chi connectivity index (χ3v) is 4.34. The number of hydrogen-bond acceptors (Lipinski definition) is 2. The van der Waals surface area contributed by atoms with Crippen LogP contribution < -0.4 is 5.32 Å². The van der Waals surface area contributed by atoms with Crippen molar-refractivity contribution >= 4 is 45.5 Å². The number of thiophene rings is 1. The van der Waals surface area contributed by atoms with E-state index in [0.717, 1.165) is 25.3 Å². The van der Waals surface area contributed by atoms with Gasteiger partial charge in [-0.25, -0.2) is 0 Å². The summed E-state index contributed by atoms with van der Waals surface area (Å²) in [5.74, 6) is -0.0402. The highest BCUT2D eigenvalue weighted by atomic mass is 127. The first-order valence-electron chi connectivity index (χ1n) is 5.19. The van der Waals surface area contributed by atoms with Crippen molar-refractivity contribution in [1.29, 1.82) is 0 Å². The Morgan fingerprint density at radius 3 is 2.47 bits per heavy atom. The molecule has 1 heterocycles. The molecule has 1 aromatic carbocycles. The van der Waals surface area contributed by atoms with Crippen LogP contribution in [0.25, 0.3) is 0 Å². The maximum Gasteiger partial charge on any atom is 0.256 e. The smallest absolute Gasteiger partial charge is 0.256 e. The number of rotatable bonds is 2. The van der Waals surface area contributed by atoms with Crippen molar-refractivity contribution in [3.05, 3.63) is 49.2 Å². The van der Waals surface area contributed by atoms with E-state index in [0.29, 0.717) is 0 Å². The van der Waals surface area contributed by atoms with Gasteiger partial charge >= 0.3 is 0 Å². The summed E-state index contributed by atoms with van der Waals surface area (Å²) in [6.45, 7) is 4.00. The molecule has 0 bridgehead atoms. The van der Waals surface area contributed by atoms with Crippen LogP contribution in [0.5, 0.6) is 0 Å². The number of hydrogen-bond donors (Lipinski definition) is 1. The molecule has 17 heavy (non-hydrogen) atoms. The van der Waals surface area contributed by atoms with Crippen LogP contribution in [0.15, 0.2) is 29.6 Å². The van der Waals surface area contributed by atoms with Gasteiger partial charge in [-0.05, 0) is 53.6 Å². The van der Waals surface area contributed by atoms with Crippen LogP contribution in [0.1, 0.15) is 21.5 Å². The Labute approximate surface area is 118 Å². The average Bonchev–Trinajstić information content (AvgIpc) is 2.70. The summed E-state index contributed by atoms with van der Waals surface area (Å²) < 4.78 is 1.12. The van der Waals surface area contributed by atoms with Gasteiger partial charge in [0.15, 0.2) is 0 Å².